The normalized spacial score (nSPS) is 21.5. The largest absolute Gasteiger partial charge is 0.393 e. The van der Waals surface area contributed by atoms with E-state index in [0.717, 1.165) is 0 Å². The minimum Gasteiger partial charge on any atom is -0.309 e. The van der Waals surface area contributed by atoms with Crippen LogP contribution in [0.15, 0.2) is 29.1 Å². The maximum absolute atomic E-state index is 13.0. The quantitative estimate of drug-likeness (QED) is 0.922. The van der Waals surface area contributed by atoms with Crippen molar-refractivity contribution in [3.05, 3.63) is 40.4 Å². The van der Waals surface area contributed by atoms with Crippen molar-refractivity contribution in [2.75, 3.05) is 13.1 Å². The topological polar surface area (TPSA) is 49.0 Å². The molecule has 1 saturated heterocycles. The number of piperidine rings is 1. The van der Waals surface area contributed by atoms with Crippen molar-refractivity contribution in [1.29, 1.82) is 0 Å². The Labute approximate surface area is 131 Å². The number of hydrogen-bond donors (Lipinski definition) is 1. The van der Waals surface area contributed by atoms with Crippen molar-refractivity contribution in [1.82, 2.24) is 14.9 Å². The summed E-state index contributed by atoms with van der Waals surface area (Å²) in [5, 5.41) is 0.482. The molecular weight excluding hydrogens is 307 g/mol. The van der Waals surface area contributed by atoms with Crippen LogP contribution in [0, 0.1) is 5.92 Å². The maximum Gasteiger partial charge on any atom is 0.393 e. The van der Waals surface area contributed by atoms with Crippen LogP contribution in [-0.2, 0) is 0 Å². The van der Waals surface area contributed by atoms with Gasteiger partial charge in [-0.25, -0.2) is 4.98 Å². The summed E-state index contributed by atoms with van der Waals surface area (Å²) in [5.74, 6) is -0.901. The predicted molar refractivity (Wildman–Crippen MR) is 81.1 cm³/mol. The van der Waals surface area contributed by atoms with Gasteiger partial charge in [0.1, 0.15) is 5.82 Å². The van der Waals surface area contributed by atoms with Crippen LogP contribution in [0.5, 0.6) is 0 Å². The minimum atomic E-state index is -4.18. The fraction of sp³-hybridized carbons (Fsp3) is 0.500. The molecule has 1 aromatic carbocycles. The highest BCUT2D eigenvalue weighted by atomic mass is 19.4. The van der Waals surface area contributed by atoms with Crippen molar-refractivity contribution in [2.24, 2.45) is 5.92 Å². The molecule has 1 aliphatic heterocycles. The zero-order chi connectivity index (χ0) is 16.6. The smallest absolute Gasteiger partial charge is 0.309 e. The van der Waals surface area contributed by atoms with Crippen LogP contribution in [0.25, 0.3) is 10.9 Å². The Kier molecular flexibility index (Phi) is 4.14. The molecule has 0 saturated carbocycles. The molecule has 0 spiro atoms. The third-order valence-corrected chi connectivity index (χ3v) is 4.49. The molecule has 0 bridgehead atoms. The van der Waals surface area contributed by atoms with Crippen LogP contribution in [0.2, 0.25) is 0 Å². The Hall–Kier alpha value is -1.89. The molecule has 1 aliphatic rings. The number of rotatable bonds is 2. The second-order valence-corrected chi connectivity index (χ2v) is 6.02. The number of hydrogen-bond acceptors (Lipinski definition) is 3. The Morgan fingerprint density at radius 1 is 1.35 bits per heavy atom. The Bertz CT molecular complexity index is 756. The molecule has 1 fully saturated rings. The van der Waals surface area contributed by atoms with Gasteiger partial charge in [0.2, 0.25) is 0 Å². The minimum absolute atomic E-state index is 0.0544. The Morgan fingerprint density at radius 3 is 2.83 bits per heavy atom. The van der Waals surface area contributed by atoms with Gasteiger partial charge in [0.05, 0.1) is 22.9 Å². The van der Waals surface area contributed by atoms with E-state index in [-0.39, 0.29) is 24.6 Å². The lowest BCUT2D eigenvalue weighted by Gasteiger charge is -2.36. The van der Waals surface area contributed by atoms with Gasteiger partial charge >= 0.3 is 6.18 Å². The van der Waals surface area contributed by atoms with Crippen LogP contribution >= 0.6 is 0 Å². The lowest BCUT2D eigenvalue weighted by atomic mass is 9.96. The highest BCUT2D eigenvalue weighted by Gasteiger charge is 2.42. The van der Waals surface area contributed by atoms with Crippen LogP contribution in [0.1, 0.15) is 31.6 Å². The monoisotopic (exact) mass is 325 g/mol. The van der Waals surface area contributed by atoms with E-state index in [4.69, 9.17) is 0 Å². The Morgan fingerprint density at radius 2 is 2.09 bits per heavy atom. The predicted octanol–water partition coefficient (Wildman–Crippen LogP) is 3.26. The highest BCUT2D eigenvalue weighted by Crippen LogP contribution is 2.35. The van der Waals surface area contributed by atoms with Gasteiger partial charge in [-0.2, -0.15) is 13.2 Å². The van der Waals surface area contributed by atoms with Crippen molar-refractivity contribution < 1.29 is 13.2 Å². The second-order valence-electron chi connectivity index (χ2n) is 6.02. The summed E-state index contributed by atoms with van der Waals surface area (Å²) in [6.45, 7) is 2.30. The second kappa shape index (κ2) is 5.96. The number of halogens is 3. The van der Waals surface area contributed by atoms with Crippen LogP contribution < -0.4 is 5.56 Å². The number of alkyl halides is 3. The number of nitrogens with zero attached hydrogens (tertiary/aromatic N) is 2. The third-order valence-electron chi connectivity index (χ3n) is 4.49. The SMILES string of the molecule is C[C@H](c1nc2ccccc2c(=O)[nH]1)N1CCC[C@H](C(F)(F)F)C1. The summed E-state index contributed by atoms with van der Waals surface area (Å²) in [7, 11) is 0. The summed E-state index contributed by atoms with van der Waals surface area (Å²) in [5.41, 5.74) is 0.296. The molecule has 4 nitrogen and oxygen atoms in total. The molecule has 2 atom stereocenters. The van der Waals surface area contributed by atoms with E-state index in [2.05, 4.69) is 9.97 Å². The standard InChI is InChI=1S/C16H18F3N3O/c1-10(22-8-4-5-11(9-22)16(17,18)19)14-20-13-7-3-2-6-12(13)15(23)21-14/h2-3,6-7,10-11H,4-5,8-9H2,1H3,(H,20,21,23)/t10-,11+/m1/s1. The maximum atomic E-state index is 13.0. The van der Waals surface area contributed by atoms with Crippen LogP contribution in [0.3, 0.4) is 0 Å². The molecule has 1 aromatic heterocycles. The summed E-state index contributed by atoms with van der Waals surface area (Å²) in [6, 6.07) is 6.58. The van der Waals surface area contributed by atoms with E-state index in [0.29, 0.717) is 29.7 Å². The fourth-order valence-corrected chi connectivity index (χ4v) is 3.10. The average molecular weight is 325 g/mol. The lowest BCUT2D eigenvalue weighted by molar-refractivity contribution is -0.188. The molecule has 2 aromatic rings. The summed E-state index contributed by atoms with van der Waals surface area (Å²) >= 11 is 0. The van der Waals surface area contributed by atoms with Gasteiger partial charge in [-0.15, -0.1) is 0 Å². The van der Waals surface area contributed by atoms with E-state index in [9.17, 15) is 18.0 Å². The van der Waals surface area contributed by atoms with Crippen molar-refractivity contribution in [3.8, 4) is 0 Å². The number of benzene rings is 1. The molecule has 0 amide bonds. The first-order valence-corrected chi connectivity index (χ1v) is 7.66. The number of para-hydroxylation sites is 1. The number of likely N-dealkylation sites (tertiary alicyclic amines) is 1. The number of aromatic amines is 1. The fourth-order valence-electron chi connectivity index (χ4n) is 3.10. The van der Waals surface area contributed by atoms with E-state index in [1.54, 1.807) is 36.1 Å². The van der Waals surface area contributed by atoms with Crippen molar-refractivity contribution in [3.63, 3.8) is 0 Å². The van der Waals surface area contributed by atoms with E-state index >= 15 is 0 Å². The van der Waals surface area contributed by atoms with Gasteiger partial charge < -0.3 is 4.98 Å². The first-order valence-electron chi connectivity index (χ1n) is 7.66. The number of fused-ring (bicyclic) bond motifs is 1. The highest BCUT2D eigenvalue weighted by molar-refractivity contribution is 5.77. The van der Waals surface area contributed by atoms with Crippen LogP contribution in [0.4, 0.5) is 13.2 Å². The van der Waals surface area contributed by atoms with Gasteiger partial charge in [-0.1, -0.05) is 12.1 Å². The molecule has 0 unspecified atom stereocenters. The van der Waals surface area contributed by atoms with Gasteiger partial charge in [0.15, 0.2) is 0 Å². The zero-order valence-electron chi connectivity index (χ0n) is 12.7. The van der Waals surface area contributed by atoms with Gasteiger partial charge in [0, 0.05) is 6.54 Å². The summed E-state index contributed by atoms with van der Waals surface area (Å²) in [6.07, 6.45) is -3.52. The number of H-pyrrole nitrogens is 1. The van der Waals surface area contributed by atoms with E-state index in [1.165, 1.54) is 0 Å². The summed E-state index contributed by atoms with van der Waals surface area (Å²) < 4.78 is 38.9. The molecule has 3 rings (SSSR count). The summed E-state index contributed by atoms with van der Waals surface area (Å²) in [4.78, 5) is 21.0. The molecule has 0 radical (unpaired) electrons. The lowest BCUT2D eigenvalue weighted by Crippen LogP contribution is -2.43. The molecule has 2 heterocycles. The van der Waals surface area contributed by atoms with E-state index < -0.39 is 12.1 Å². The van der Waals surface area contributed by atoms with Crippen molar-refractivity contribution >= 4 is 10.9 Å². The van der Waals surface area contributed by atoms with Gasteiger partial charge in [-0.05, 0) is 38.4 Å². The first kappa shape index (κ1) is 16.0. The van der Waals surface area contributed by atoms with Gasteiger partial charge in [0.25, 0.3) is 5.56 Å². The number of nitrogens with one attached hydrogen (secondary N) is 1. The Balaban J connectivity index is 1.88. The molecule has 0 aliphatic carbocycles. The zero-order valence-corrected chi connectivity index (χ0v) is 12.7. The van der Waals surface area contributed by atoms with Crippen molar-refractivity contribution in [2.45, 2.75) is 32.0 Å². The molecule has 7 heteroatoms. The third kappa shape index (κ3) is 3.24. The van der Waals surface area contributed by atoms with Gasteiger partial charge in [-0.3, -0.25) is 9.69 Å². The molecule has 124 valence electrons. The van der Waals surface area contributed by atoms with Crippen LogP contribution in [-0.4, -0.2) is 34.1 Å². The van der Waals surface area contributed by atoms with E-state index in [1.807, 2.05) is 0 Å². The molecule has 1 N–H and O–H groups in total. The molecular formula is C16H18F3N3O. The first-order chi connectivity index (χ1) is 10.9. The number of aromatic nitrogens is 2. The molecule has 23 heavy (non-hydrogen) atoms. The average Bonchev–Trinajstić information content (AvgIpc) is 2.53.